The van der Waals surface area contributed by atoms with Crippen LogP contribution in [0.2, 0.25) is 0 Å². The van der Waals surface area contributed by atoms with Gasteiger partial charge in [-0.2, -0.15) is 0 Å². The van der Waals surface area contributed by atoms with E-state index in [1.54, 1.807) is 4.90 Å². The molecule has 3 rings (SSSR count). The molecular formula is C30H42N4O5. The molecule has 2 aromatic rings. The number of nitrogens with one attached hydrogen (secondary N) is 2. The molecule has 0 aromatic heterocycles. The van der Waals surface area contributed by atoms with E-state index < -0.39 is 17.7 Å². The van der Waals surface area contributed by atoms with Gasteiger partial charge in [-0.1, -0.05) is 62.2 Å². The molecule has 0 radical (unpaired) electrons. The maximum Gasteiger partial charge on any atom is 0.410 e. The highest BCUT2D eigenvalue weighted by molar-refractivity contribution is 5.85. The van der Waals surface area contributed by atoms with Gasteiger partial charge in [-0.25, -0.2) is 9.59 Å². The van der Waals surface area contributed by atoms with E-state index in [4.69, 9.17) is 9.47 Å². The van der Waals surface area contributed by atoms with Crippen LogP contribution in [0.25, 0.3) is 0 Å². The number of carbonyl (C=O) groups is 3. The molecule has 3 amide bonds. The smallest absolute Gasteiger partial charge is 0.410 e. The van der Waals surface area contributed by atoms with Crippen molar-refractivity contribution >= 4 is 23.8 Å². The van der Waals surface area contributed by atoms with Crippen LogP contribution in [-0.4, -0.2) is 60.8 Å². The highest BCUT2D eigenvalue weighted by atomic mass is 16.6. The quantitative estimate of drug-likeness (QED) is 0.449. The SMILES string of the molecule is CCCC[C@H](NC(=O)OCc1ccccc1)C(=O)NCc1ccc(N2CCN(C(=O)OC(C)(C)C)CC2)cc1. The first-order valence-corrected chi connectivity index (χ1v) is 13.7. The Hall–Kier alpha value is -3.75. The molecule has 2 N–H and O–H groups in total. The number of benzene rings is 2. The van der Waals surface area contributed by atoms with Crippen LogP contribution < -0.4 is 15.5 Å². The number of hydrogen-bond acceptors (Lipinski definition) is 6. The number of rotatable bonds is 10. The highest BCUT2D eigenvalue weighted by Gasteiger charge is 2.26. The Balaban J connectivity index is 1.46. The van der Waals surface area contributed by atoms with Crippen LogP contribution in [0.3, 0.4) is 0 Å². The van der Waals surface area contributed by atoms with Gasteiger partial charge in [0.25, 0.3) is 0 Å². The van der Waals surface area contributed by atoms with Gasteiger partial charge in [-0.05, 0) is 50.5 Å². The van der Waals surface area contributed by atoms with Crippen molar-refractivity contribution in [1.29, 1.82) is 0 Å². The van der Waals surface area contributed by atoms with Crippen LogP contribution in [0.4, 0.5) is 15.3 Å². The molecule has 1 saturated heterocycles. The van der Waals surface area contributed by atoms with Crippen LogP contribution in [0, 0.1) is 0 Å². The molecule has 1 aliphatic rings. The summed E-state index contributed by atoms with van der Waals surface area (Å²) in [6.45, 7) is 10.8. The fraction of sp³-hybridized carbons (Fsp3) is 0.500. The number of amides is 3. The van der Waals surface area contributed by atoms with Crippen LogP contribution >= 0.6 is 0 Å². The number of ether oxygens (including phenoxy) is 2. The number of anilines is 1. The Morgan fingerprint density at radius 3 is 2.21 bits per heavy atom. The first kappa shape index (κ1) is 29.8. The summed E-state index contributed by atoms with van der Waals surface area (Å²) in [4.78, 5) is 41.5. The van der Waals surface area contributed by atoms with Gasteiger partial charge < -0.3 is 29.9 Å². The minimum Gasteiger partial charge on any atom is -0.445 e. The lowest BCUT2D eigenvalue weighted by molar-refractivity contribution is -0.123. The van der Waals surface area contributed by atoms with Gasteiger partial charge in [0.2, 0.25) is 5.91 Å². The van der Waals surface area contributed by atoms with E-state index in [-0.39, 0.29) is 18.6 Å². The fourth-order valence-electron chi connectivity index (χ4n) is 4.19. The standard InChI is InChI=1S/C30H42N4O5/c1-5-6-12-26(32-28(36)38-22-24-10-8-7-9-11-24)27(35)31-21-23-13-15-25(16-14-23)33-17-19-34(20-18-33)29(37)39-30(2,3)4/h7-11,13-16,26H,5-6,12,17-22H2,1-4H3,(H,31,35)(H,32,36)/t26-/m0/s1. The molecular weight excluding hydrogens is 496 g/mol. The molecule has 9 nitrogen and oxygen atoms in total. The van der Waals surface area contributed by atoms with Crippen LogP contribution in [-0.2, 0) is 27.4 Å². The Labute approximate surface area is 231 Å². The summed E-state index contributed by atoms with van der Waals surface area (Å²) in [5.74, 6) is -0.234. The summed E-state index contributed by atoms with van der Waals surface area (Å²) in [6.07, 6.45) is 1.39. The minimum absolute atomic E-state index is 0.150. The molecule has 1 atom stereocenters. The third-order valence-corrected chi connectivity index (χ3v) is 6.37. The fourth-order valence-corrected chi connectivity index (χ4v) is 4.19. The maximum absolute atomic E-state index is 12.9. The second-order valence-corrected chi connectivity index (χ2v) is 10.7. The van der Waals surface area contributed by atoms with Gasteiger partial charge in [0.1, 0.15) is 18.2 Å². The van der Waals surface area contributed by atoms with Gasteiger partial charge in [-0.3, -0.25) is 4.79 Å². The topological polar surface area (TPSA) is 100 Å². The number of carbonyl (C=O) groups excluding carboxylic acids is 3. The molecule has 0 saturated carbocycles. The first-order valence-electron chi connectivity index (χ1n) is 13.7. The molecule has 212 valence electrons. The normalized spacial score (nSPS) is 14.4. The van der Waals surface area contributed by atoms with E-state index >= 15 is 0 Å². The molecule has 2 aromatic carbocycles. The van der Waals surface area contributed by atoms with Gasteiger partial charge in [-0.15, -0.1) is 0 Å². The van der Waals surface area contributed by atoms with Crippen molar-refractivity contribution in [2.75, 3.05) is 31.1 Å². The zero-order valence-corrected chi connectivity index (χ0v) is 23.6. The molecule has 0 unspecified atom stereocenters. The molecule has 0 spiro atoms. The summed E-state index contributed by atoms with van der Waals surface area (Å²) in [7, 11) is 0. The van der Waals surface area contributed by atoms with Crippen molar-refractivity contribution in [2.24, 2.45) is 0 Å². The lowest BCUT2D eigenvalue weighted by atomic mass is 10.1. The number of unbranched alkanes of at least 4 members (excludes halogenated alkanes) is 1. The summed E-state index contributed by atoms with van der Waals surface area (Å²) < 4.78 is 10.8. The minimum atomic E-state index is -0.659. The van der Waals surface area contributed by atoms with Gasteiger partial charge in [0.05, 0.1) is 0 Å². The molecule has 9 heteroatoms. The largest absolute Gasteiger partial charge is 0.445 e. The van der Waals surface area contributed by atoms with Crippen LogP contribution in [0.1, 0.15) is 58.1 Å². The Morgan fingerprint density at radius 1 is 0.923 bits per heavy atom. The molecule has 0 bridgehead atoms. The van der Waals surface area contributed by atoms with E-state index in [9.17, 15) is 14.4 Å². The second kappa shape index (κ2) is 14.4. The highest BCUT2D eigenvalue weighted by Crippen LogP contribution is 2.19. The van der Waals surface area contributed by atoms with Gasteiger partial charge in [0.15, 0.2) is 0 Å². The lowest BCUT2D eigenvalue weighted by Gasteiger charge is -2.36. The first-order chi connectivity index (χ1) is 18.6. The maximum atomic E-state index is 12.9. The zero-order chi connectivity index (χ0) is 28.3. The van der Waals surface area contributed by atoms with Crippen molar-refractivity contribution < 1.29 is 23.9 Å². The van der Waals surface area contributed by atoms with E-state index in [2.05, 4.69) is 15.5 Å². The average molecular weight is 539 g/mol. The Morgan fingerprint density at radius 2 is 1.59 bits per heavy atom. The predicted octanol–water partition coefficient (Wildman–Crippen LogP) is 4.85. The van der Waals surface area contributed by atoms with Gasteiger partial charge in [0, 0.05) is 38.4 Å². The van der Waals surface area contributed by atoms with E-state index in [1.807, 2.05) is 82.3 Å². The van der Waals surface area contributed by atoms with Crippen molar-refractivity contribution in [1.82, 2.24) is 15.5 Å². The molecule has 1 heterocycles. The van der Waals surface area contributed by atoms with Crippen molar-refractivity contribution in [3.8, 4) is 0 Å². The Bertz CT molecular complexity index is 1060. The predicted molar refractivity (Wildman–Crippen MR) is 151 cm³/mol. The molecule has 1 aliphatic heterocycles. The van der Waals surface area contributed by atoms with Crippen molar-refractivity contribution in [3.63, 3.8) is 0 Å². The molecule has 1 fully saturated rings. The number of nitrogens with zero attached hydrogens (tertiary/aromatic N) is 2. The summed E-state index contributed by atoms with van der Waals surface area (Å²) in [5.41, 5.74) is 2.41. The molecule has 0 aliphatic carbocycles. The van der Waals surface area contributed by atoms with E-state index in [0.717, 1.165) is 42.7 Å². The third-order valence-electron chi connectivity index (χ3n) is 6.37. The van der Waals surface area contributed by atoms with Crippen molar-refractivity contribution in [3.05, 3.63) is 65.7 Å². The number of alkyl carbamates (subject to hydrolysis) is 1. The summed E-state index contributed by atoms with van der Waals surface area (Å²) >= 11 is 0. The summed E-state index contributed by atoms with van der Waals surface area (Å²) in [6, 6.07) is 16.8. The van der Waals surface area contributed by atoms with Crippen molar-refractivity contribution in [2.45, 2.75) is 71.8 Å². The monoisotopic (exact) mass is 538 g/mol. The van der Waals surface area contributed by atoms with Gasteiger partial charge >= 0.3 is 12.2 Å². The average Bonchev–Trinajstić information content (AvgIpc) is 2.93. The van der Waals surface area contributed by atoms with E-state index in [0.29, 0.717) is 26.1 Å². The van der Waals surface area contributed by atoms with Crippen LogP contribution in [0.15, 0.2) is 54.6 Å². The summed E-state index contributed by atoms with van der Waals surface area (Å²) in [5, 5.41) is 5.66. The van der Waals surface area contributed by atoms with E-state index in [1.165, 1.54) is 0 Å². The third kappa shape index (κ3) is 10.1. The molecule has 39 heavy (non-hydrogen) atoms. The van der Waals surface area contributed by atoms with Crippen LogP contribution in [0.5, 0.6) is 0 Å². The number of hydrogen-bond donors (Lipinski definition) is 2. The zero-order valence-electron chi connectivity index (χ0n) is 23.6. The second-order valence-electron chi connectivity index (χ2n) is 10.7. The lowest BCUT2D eigenvalue weighted by Crippen LogP contribution is -2.50. The number of piperazine rings is 1. The Kier molecular flexibility index (Phi) is 11.0.